The number of hydrogen-bond donors (Lipinski definition) is 2. The molecule has 148 valence electrons. The second-order valence-corrected chi connectivity index (χ2v) is 7.08. The van der Waals surface area contributed by atoms with Gasteiger partial charge in [-0.25, -0.2) is 15.4 Å². The van der Waals surface area contributed by atoms with Crippen molar-refractivity contribution in [2.75, 3.05) is 38.8 Å². The molecule has 0 amide bonds. The van der Waals surface area contributed by atoms with E-state index in [1.807, 2.05) is 12.1 Å². The Balaban J connectivity index is 1.67. The van der Waals surface area contributed by atoms with Gasteiger partial charge in [0.1, 0.15) is 12.1 Å². The van der Waals surface area contributed by atoms with Crippen LogP contribution in [0.15, 0.2) is 18.5 Å². The third-order valence-corrected chi connectivity index (χ3v) is 5.18. The first-order valence-electron chi connectivity index (χ1n) is 8.81. The van der Waals surface area contributed by atoms with E-state index in [-0.39, 0.29) is 0 Å². The fourth-order valence-corrected chi connectivity index (χ4v) is 3.66. The molecule has 10 heteroatoms. The van der Waals surface area contributed by atoms with Gasteiger partial charge in [-0.15, -0.1) is 0 Å². The van der Waals surface area contributed by atoms with Crippen LogP contribution in [0.1, 0.15) is 19.3 Å². The fraction of sp³-hybridized carbons (Fsp3) is 0.529. The number of fused-ring (bicyclic) bond motifs is 1. The molecule has 1 aromatic carbocycles. The summed E-state index contributed by atoms with van der Waals surface area (Å²) in [5, 5.41) is 0.942. The minimum absolute atomic E-state index is 0.554. The third kappa shape index (κ3) is 4.83. The predicted octanol–water partition coefficient (Wildman–Crippen LogP) is 1.14. The number of hydrogen-bond acceptors (Lipinski definition) is 8. The van der Waals surface area contributed by atoms with Crippen LogP contribution in [0.3, 0.4) is 0 Å². The van der Waals surface area contributed by atoms with Crippen molar-refractivity contribution in [2.24, 2.45) is 5.92 Å². The molecule has 0 spiro atoms. The molecule has 1 atom stereocenters. The SMILES string of the molecule is COc1cc2ncnc(N3CCC(CCNNS(=O)[O-])CC3)c2cc1OC. The number of benzene rings is 1. The first-order chi connectivity index (χ1) is 13.1. The Morgan fingerprint density at radius 2 is 1.93 bits per heavy atom. The summed E-state index contributed by atoms with van der Waals surface area (Å²) in [5.74, 6) is 2.76. The summed E-state index contributed by atoms with van der Waals surface area (Å²) in [7, 11) is 3.22. The number of anilines is 1. The molecule has 27 heavy (non-hydrogen) atoms. The average molecular weight is 394 g/mol. The molecule has 9 nitrogen and oxygen atoms in total. The van der Waals surface area contributed by atoms with Crippen LogP contribution in [0.5, 0.6) is 11.5 Å². The Bertz CT molecular complexity index is 798. The van der Waals surface area contributed by atoms with E-state index in [2.05, 4.69) is 25.1 Å². The minimum atomic E-state index is -2.27. The van der Waals surface area contributed by atoms with E-state index in [0.29, 0.717) is 24.0 Å². The largest absolute Gasteiger partial charge is 0.759 e. The molecule has 1 saturated heterocycles. The van der Waals surface area contributed by atoms with Gasteiger partial charge in [-0.3, -0.25) is 4.21 Å². The zero-order chi connectivity index (χ0) is 19.2. The molecule has 0 aliphatic carbocycles. The summed E-state index contributed by atoms with van der Waals surface area (Å²) in [5.41, 5.74) is 3.52. The van der Waals surface area contributed by atoms with E-state index in [1.165, 1.54) is 0 Å². The topological polar surface area (TPSA) is 112 Å². The van der Waals surface area contributed by atoms with E-state index in [0.717, 1.165) is 49.1 Å². The van der Waals surface area contributed by atoms with Gasteiger partial charge < -0.3 is 18.9 Å². The maximum absolute atomic E-state index is 10.4. The summed E-state index contributed by atoms with van der Waals surface area (Å²) < 4.78 is 31.6. The van der Waals surface area contributed by atoms with Gasteiger partial charge in [0.2, 0.25) is 0 Å². The molecule has 0 radical (unpaired) electrons. The smallest absolute Gasteiger partial charge is 0.162 e. The van der Waals surface area contributed by atoms with Gasteiger partial charge in [-0.2, -0.15) is 4.83 Å². The van der Waals surface area contributed by atoms with Crippen molar-refractivity contribution in [1.82, 2.24) is 20.2 Å². The highest BCUT2D eigenvalue weighted by molar-refractivity contribution is 7.76. The highest BCUT2D eigenvalue weighted by Crippen LogP contribution is 2.35. The van der Waals surface area contributed by atoms with Crippen molar-refractivity contribution in [3.05, 3.63) is 18.5 Å². The summed E-state index contributed by atoms with van der Waals surface area (Å²) in [4.78, 5) is 13.3. The van der Waals surface area contributed by atoms with Crippen LogP contribution in [-0.4, -0.2) is 52.6 Å². The fourth-order valence-electron chi connectivity index (χ4n) is 3.44. The molecule has 3 rings (SSSR count). The molecule has 1 fully saturated rings. The molecule has 2 N–H and O–H groups in total. The molecule has 1 aliphatic rings. The van der Waals surface area contributed by atoms with Gasteiger partial charge in [0.15, 0.2) is 11.5 Å². The van der Waals surface area contributed by atoms with Crippen LogP contribution >= 0.6 is 0 Å². The Labute approximate surface area is 160 Å². The summed E-state index contributed by atoms with van der Waals surface area (Å²) in [6.45, 7) is 2.41. The minimum Gasteiger partial charge on any atom is -0.759 e. The zero-order valence-electron chi connectivity index (χ0n) is 15.4. The van der Waals surface area contributed by atoms with Crippen LogP contribution in [0.2, 0.25) is 0 Å². The van der Waals surface area contributed by atoms with Gasteiger partial charge in [0, 0.05) is 42.4 Å². The van der Waals surface area contributed by atoms with Gasteiger partial charge in [0.05, 0.1) is 19.7 Å². The average Bonchev–Trinajstić information content (AvgIpc) is 2.70. The van der Waals surface area contributed by atoms with Gasteiger partial charge in [-0.05, 0) is 31.2 Å². The number of nitrogens with zero attached hydrogens (tertiary/aromatic N) is 3. The number of methoxy groups -OCH3 is 2. The molecule has 0 saturated carbocycles. The predicted molar refractivity (Wildman–Crippen MR) is 102 cm³/mol. The molecular weight excluding hydrogens is 370 g/mol. The number of nitrogens with one attached hydrogen (secondary N) is 2. The molecule has 1 aliphatic heterocycles. The lowest BCUT2D eigenvalue weighted by Gasteiger charge is -2.33. The number of piperidine rings is 1. The Hall–Kier alpha value is -2.01. The standard InChI is InChI=1S/C17H25N5O4S/c1-25-15-9-13-14(10-16(15)26-2)18-11-19-17(13)22-7-4-12(5-8-22)3-6-20-21-27(23)24/h9-12,20-21H,3-8H2,1-2H3,(H,23,24)/p-1. The van der Waals surface area contributed by atoms with E-state index in [9.17, 15) is 8.76 Å². The normalized spacial score (nSPS) is 16.5. The van der Waals surface area contributed by atoms with Crippen molar-refractivity contribution >= 4 is 28.0 Å². The summed E-state index contributed by atoms with van der Waals surface area (Å²) in [6, 6.07) is 3.79. The van der Waals surface area contributed by atoms with Crippen molar-refractivity contribution in [3.63, 3.8) is 0 Å². The van der Waals surface area contributed by atoms with Crippen molar-refractivity contribution < 1.29 is 18.2 Å². The number of hydrazine groups is 1. The number of ether oxygens (including phenoxy) is 2. The zero-order valence-corrected chi connectivity index (χ0v) is 16.3. The summed E-state index contributed by atoms with van der Waals surface area (Å²) in [6.07, 6.45) is 4.56. The highest BCUT2D eigenvalue weighted by Gasteiger charge is 2.22. The third-order valence-electron chi connectivity index (χ3n) is 4.87. The molecule has 1 aromatic heterocycles. The first-order valence-corrected chi connectivity index (χ1v) is 9.89. The van der Waals surface area contributed by atoms with Crippen LogP contribution in [-0.2, 0) is 11.3 Å². The maximum atomic E-state index is 10.4. The lowest BCUT2D eigenvalue weighted by molar-refractivity contribution is 0.355. The van der Waals surface area contributed by atoms with E-state index in [1.54, 1.807) is 20.5 Å². The van der Waals surface area contributed by atoms with Crippen LogP contribution in [0.25, 0.3) is 10.9 Å². The van der Waals surface area contributed by atoms with Crippen molar-refractivity contribution in [1.29, 1.82) is 0 Å². The number of aromatic nitrogens is 2. The summed E-state index contributed by atoms with van der Waals surface area (Å²) >= 11 is -2.27. The van der Waals surface area contributed by atoms with Crippen LogP contribution in [0, 0.1) is 5.92 Å². The van der Waals surface area contributed by atoms with Crippen LogP contribution in [0.4, 0.5) is 5.82 Å². The second-order valence-electron chi connectivity index (χ2n) is 6.40. The lowest BCUT2D eigenvalue weighted by Crippen LogP contribution is -2.38. The lowest BCUT2D eigenvalue weighted by atomic mass is 9.93. The number of rotatable bonds is 8. The second kappa shape index (κ2) is 9.27. The molecule has 1 unspecified atom stereocenters. The van der Waals surface area contributed by atoms with Crippen molar-refractivity contribution in [3.8, 4) is 11.5 Å². The Morgan fingerprint density at radius 3 is 2.59 bits per heavy atom. The van der Waals surface area contributed by atoms with Gasteiger partial charge in [-0.1, -0.05) is 0 Å². The molecule has 2 heterocycles. The monoisotopic (exact) mass is 394 g/mol. The highest BCUT2D eigenvalue weighted by atomic mass is 32.2. The van der Waals surface area contributed by atoms with Gasteiger partial charge >= 0.3 is 0 Å². The van der Waals surface area contributed by atoms with E-state index >= 15 is 0 Å². The molecule has 0 bridgehead atoms. The van der Waals surface area contributed by atoms with E-state index in [4.69, 9.17) is 9.47 Å². The molecule has 2 aromatic rings. The van der Waals surface area contributed by atoms with Crippen LogP contribution < -0.4 is 24.6 Å². The Kier molecular flexibility index (Phi) is 6.78. The van der Waals surface area contributed by atoms with Crippen molar-refractivity contribution in [2.45, 2.75) is 19.3 Å². The maximum Gasteiger partial charge on any atom is 0.162 e. The Morgan fingerprint density at radius 1 is 1.22 bits per heavy atom. The van der Waals surface area contributed by atoms with E-state index < -0.39 is 11.3 Å². The van der Waals surface area contributed by atoms with Gasteiger partial charge in [0.25, 0.3) is 0 Å². The first kappa shape index (κ1) is 19.7. The quantitative estimate of drug-likeness (QED) is 0.389. The molecular formula is C17H24N5O4S-.